The average Bonchev–Trinajstić information content (AvgIpc) is 2.72. The average molecular weight is 356 g/mol. The number of ketones is 1. The normalized spacial score (nSPS) is 42.3. The summed E-state index contributed by atoms with van der Waals surface area (Å²) in [7, 11) is 0. The minimum atomic E-state index is -0.573. The van der Waals surface area contributed by atoms with Crippen molar-refractivity contribution < 1.29 is 9.59 Å². The van der Waals surface area contributed by atoms with Crippen LogP contribution >= 0.6 is 15.9 Å². The SMILES string of the molecule is CC1(C)[C@]2(C)CC[C@@]1(C(=O)NC1CCCCC1)[C@H](Br)C2=O. The van der Waals surface area contributed by atoms with E-state index in [4.69, 9.17) is 0 Å². The topological polar surface area (TPSA) is 46.2 Å². The molecule has 3 saturated carbocycles. The third kappa shape index (κ3) is 1.77. The highest BCUT2D eigenvalue weighted by molar-refractivity contribution is 9.10. The molecule has 0 aromatic heterocycles. The van der Waals surface area contributed by atoms with Crippen LogP contribution in [0.1, 0.15) is 65.7 Å². The van der Waals surface area contributed by atoms with Gasteiger partial charge in [-0.05, 0) is 31.1 Å². The summed E-state index contributed by atoms with van der Waals surface area (Å²) in [5.74, 6) is 0.327. The van der Waals surface area contributed by atoms with E-state index in [0.717, 1.165) is 25.7 Å². The predicted octanol–water partition coefficient (Wildman–Crippen LogP) is 3.59. The zero-order chi connectivity index (χ0) is 15.5. The quantitative estimate of drug-likeness (QED) is 0.769. The lowest BCUT2D eigenvalue weighted by atomic mass is 9.64. The first-order valence-electron chi connectivity index (χ1n) is 8.27. The zero-order valence-corrected chi connectivity index (χ0v) is 14.9. The van der Waals surface area contributed by atoms with E-state index in [9.17, 15) is 9.59 Å². The van der Waals surface area contributed by atoms with E-state index < -0.39 is 5.41 Å². The van der Waals surface area contributed by atoms with Crippen molar-refractivity contribution >= 4 is 27.6 Å². The van der Waals surface area contributed by atoms with Crippen LogP contribution in [0.3, 0.4) is 0 Å². The Labute approximate surface area is 135 Å². The first-order chi connectivity index (χ1) is 9.77. The number of Topliss-reactive ketones (excluding diaryl/α,β-unsaturated/α-hetero) is 1. The van der Waals surface area contributed by atoms with E-state index in [1.165, 1.54) is 19.3 Å². The number of halogens is 1. The number of rotatable bonds is 2. The van der Waals surface area contributed by atoms with Crippen molar-refractivity contribution in [3.63, 3.8) is 0 Å². The molecule has 1 N–H and O–H groups in total. The summed E-state index contributed by atoms with van der Waals surface area (Å²) in [5, 5.41) is 3.28. The van der Waals surface area contributed by atoms with Crippen molar-refractivity contribution in [3.05, 3.63) is 0 Å². The molecule has 0 unspecified atom stereocenters. The van der Waals surface area contributed by atoms with Gasteiger partial charge < -0.3 is 5.32 Å². The lowest BCUT2D eigenvalue weighted by Gasteiger charge is -2.40. The molecule has 0 aliphatic heterocycles. The number of carbonyl (C=O) groups is 2. The Morgan fingerprint density at radius 2 is 1.76 bits per heavy atom. The van der Waals surface area contributed by atoms with Crippen LogP contribution in [-0.4, -0.2) is 22.6 Å². The summed E-state index contributed by atoms with van der Waals surface area (Å²) in [5.41, 5.74) is -1.23. The second-order valence-electron chi connectivity index (χ2n) is 7.96. The summed E-state index contributed by atoms with van der Waals surface area (Å²) in [6, 6.07) is 0.304. The molecule has 3 fully saturated rings. The Bertz CT molecular complexity index is 483. The molecule has 118 valence electrons. The van der Waals surface area contributed by atoms with Crippen LogP contribution in [0.2, 0.25) is 0 Å². The molecule has 3 aliphatic rings. The van der Waals surface area contributed by atoms with Crippen molar-refractivity contribution in [2.24, 2.45) is 16.2 Å². The zero-order valence-electron chi connectivity index (χ0n) is 13.3. The van der Waals surface area contributed by atoms with Crippen LogP contribution < -0.4 is 5.32 Å². The highest BCUT2D eigenvalue weighted by Gasteiger charge is 2.76. The smallest absolute Gasteiger partial charge is 0.228 e. The molecule has 2 bridgehead atoms. The van der Waals surface area contributed by atoms with Crippen LogP contribution in [-0.2, 0) is 9.59 Å². The third-order valence-corrected chi connectivity index (χ3v) is 8.26. The summed E-state index contributed by atoms with van der Waals surface area (Å²) in [4.78, 5) is 25.5. The van der Waals surface area contributed by atoms with Crippen LogP contribution in [0.25, 0.3) is 0 Å². The molecule has 4 heteroatoms. The van der Waals surface area contributed by atoms with Crippen LogP contribution in [0.4, 0.5) is 0 Å². The molecular formula is C17H26BrNO2. The van der Waals surface area contributed by atoms with Crippen LogP contribution in [0, 0.1) is 16.2 Å². The lowest BCUT2D eigenvalue weighted by Crippen LogP contribution is -2.53. The molecule has 0 saturated heterocycles. The molecule has 0 spiro atoms. The highest BCUT2D eigenvalue weighted by atomic mass is 79.9. The van der Waals surface area contributed by atoms with Crippen molar-refractivity contribution in [1.82, 2.24) is 5.32 Å². The predicted molar refractivity (Wildman–Crippen MR) is 86.3 cm³/mol. The van der Waals surface area contributed by atoms with Crippen molar-refractivity contribution in [3.8, 4) is 0 Å². The third-order valence-electron chi connectivity index (χ3n) is 7.07. The van der Waals surface area contributed by atoms with Gasteiger partial charge in [0.05, 0.1) is 10.2 Å². The molecular weight excluding hydrogens is 330 g/mol. The van der Waals surface area contributed by atoms with Gasteiger partial charge in [0.25, 0.3) is 0 Å². The van der Waals surface area contributed by atoms with Gasteiger partial charge in [-0.25, -0.2) is 0 Å². The Morgan fingerprint density at radius 1 is 1.14 bits per heavy atom. The number of hydrogen-bond donors (Lipinski definition) is 1. The lowest BCUT2D eigenvalue weighted by molar-refractivity contribution is -0.136. The number of hydrogen-bond acceptors (Lipinski definition) is 2. The van der Waals surface area contributed by atoms with E-state index in [2.05, 4.69) is 35.1 Å². The first-order valence-corrected chi connectivity index (χ1v) is 9.18. The second-order valence-corrected chi connectivity index (χ2v) is 8.88. The van der Waals surface area contributed by atoms with Gasteiger partial charge in [0.2, 0.25) is 5.91 Å². The maximum atomic E-state index is 13.1. The van der Waals surface area contributed by atoms with Gasteiger partial charge in [0.15, 0.2) is 5.78 Å². The minimum absolute atomic E-state index is 0.107. The van der Waals surface area contributed by atoms with Crippen molar-refractivity contribution in [1.29, 1.82) is 0 Å². The summed E-state index contributed by atoms with van der Waals surface area (Å²) in [6.45, 7) is 6.27. The van der Waals surface area contributed by atoms with Gasteiger partial charge in [-0.1, -0.05) is 56.0 Å². The minimum Gasteiger partial charge on any atom is -0.353 e. The van der Waals surface area contributed by atoms with E-state index in [1.54, 1.807) is 0 Å². The van der Waals surface area contributed by atoms with Crippen LogP contribution in [0.15, 0.2) is 0 Å². The number of alkyl halides is 1. The van der Waals surface area contributed by atoms with E-state index in [0.29, 0.717) is 6.04 Å². The largest absolute Gasteiger partial charge is 0.353 e. The number of nitrogens with one attached hydrogen (secondary N) is 1. The Balaban J connectivity index is 1.89. The molecule has 3 aliphatic carbocycles. The van der Waals surface area contributed by atoms with Gasteiger partial charge in [-0.15, -0.1) is 0 Å². The fourth-order valence-electron chi connectivity index (χ4n) is 5.02. The number of amides is 1. The molecule has 0 aromatic rings. The summed E-state index contributed by atoms with van der Waals surface area (Å²) < 4.78 is 0. The molecule has 3 nitrogen and oxygen atoms in total. The highest BCUT2D eigenvalue weighted by Crippen LogP contribution is 2.72. The maximum Gasteiger partial charge on any atom is 0.228 e. The molecule has 3 rings (SSSR count). The fraction of sp³-hybridized carbons (Fsp3) is 0.882. The van der Waals surface area contributed by atoms with E-state index in [-0.39, 0.29) is 27.3 Å². The standard InChI is InChI=1S/C17H26BrNO2/c1-15(2)16(3)9-10-17(15,12(18)13(16)20)14(21)19-11-7-5-4-6-8-11/h11-12H,4-10H2,1-3H3,(H,19,21)/t12-,16-,17+/m1/s1. The Kier molecular flexibility index (Phi) is 3.55. The molecule has 0 radical (unpaired) electrons. The summed E-state index contributed by atoms with van der Waals surface area (Å²) >= 11 is 3.58. The van der Waals surface area contributed by atoms with Gasteiger partial charge >= 0.3 is 0 Å². The van der Waals surface area contributed by atoms with Crippen molar-refractivity contribution in [2.75, 3.05) is 0 Å². The molecule has 0 aromatic carbocycles. The van der Waals surface area contributed by atoms with Gasteiger partial charge in [-0.2, -0.15) is 0 Å². The van der Waals surface area contributed by atoms with Crippen molar-refractivity contribution in [2.45, 2.75) is 76.6 Å². The van der Waals surface area contributed by atoms with Crippen LogP contribution in [0.5, 0.6) is 0 Å². The van der Waals surface area contributed by atoms with Gasteiger partial charge in [0, 0.05) is 11.5 Å². The first kappa shape index (κ1) is 15.5. The molecule has 21 heavy (non-hydrogen) atoms. The summed E-state index contributed by atoms with van der Waals surface area (Å²) in [6.07, 6.45) is 7.50. The molecule has 1 amide bonds. The van der Waals surface area contributed by atoms with E-state index >= 15 is 0 Å². The maximum absolute atomic E-state index is 13.1. The molecule has 0 heterocycles. The molecule has 3 atom stereocenters. The number of carbonyl (C=O) groups excluding carboxylic acids is 2. The van der Waals surface area contributed by atoms with E-state index in [1.807, 2.05) is 6.92 Å². The number of fused-ring (bicyclic) bond motifs is 2. The van der Waals surface area contributed by atoms with Gasteiger partial charge in [0.1, 0.15) is 0 Å². The monoisotopic (exact) mass is 355 g/mol. The fourth-order valence-corrected chi connectivity index (χ4v) is 6.53. The second kappa shape index (κ2) is 4.81. The Hall–Kier alpha value is -0.380. The Morgan fingerprint density at radius 3 is 2.29 bits per heavy atom. The van der Waals surface area contributed by atoms with Gasteiger partial charge in [-0.3, -0.25) is 9.59 Å².